The first-order chi connectivity index (χ1) is 14.5. The van der Waals surface area contributed by atoms with E-state index in [0.717, 1.165) is 19.3 Å². The Bertz CT molecular complexity index is 668. The van der Waals surface area contributed by atoms with Crippen LogP contribution in [0.25, 0.3) is 0 Å². The molecule has 1 rings (SSSR count). The van der Waals surface area contributed by atoms with Crippen molar-refractivity contribution in [2.24, 2.45) is 11.8 Å². The average molecular weight is 441 g/mol. The van der Waals surface area contributed by atoms with Crippen molar-refractivity contribution in [1.82, 2.24) is 0 Å². The summed E-state index contributed by atoms with van der Waals surface area (Å²) in [6.45, 7) is 5.46. The summed E-state index contributed by atoms with van der Waals surface area (Å²) in [5.74, 6) is -2.44. The largest absolute Gasteiger partial charge is 0.481 e. The highest BCUT2D eigenvalue weighted by atomic mass is 16.6. The van der Waals surface area contributed by atoms with E-state index in [9.17, 15) is 24.6 Å². The summed E-state index contributed by atoms with van der Waals surface area (Å²) >= 11 is 0. The maximum atomic E-state index is 12.5. The highest BCUT2D eigenvalue weighted by molar-refractivity contribution is 5.83. The third-order valence-corrected chi connectivity index (χ3v) is 5.53. The average Bonchev–Trinajstić information content (AvgIpc) is 2.71. The number of carbonyl (C=O) groups excluding carboxylic acids is 2. The standard InChI is InChI=1S/C23H36O8/c1-14-7-5-6-8-20(31-23(29)22(28)18(24)10-9-14)16(3)11-15(2)19(25)12-17(30-4)13-21(26)27/h9-11,14-15,17-18,20,22,24,28H,5-8,12-13H2,1-4H3,(H,26,27)/b10-9+,16-11+/t14-,15-,17+,18-,20+,22-/m1/s1. The Balaban J connectivity index is 2.90. The molecular weight excluding hydrogens is 404 g/mol. The molecule has 0 aromatic carbocycles. The fraction of sp³-hybridized carbons (Fsp3) is 0.696. The van der Waals surface area contributed by atoms with Gasteiger partial charge >= 0.3 is 11.9 Å². The second-order valence-electron chi connectivity index (χ2n) is 8.33. The van der Waals surface area contributed by atoms with Crippen LogP contribution in [0.2, 0.25) is 0 Å². The van der Waals surface area contributed by atoms with Crippen LogP contribution in [0.5, 0.6) is 0 Å². The molecule has 0 fully saturated rings. The molecule has 0 radical (unpaired) electrons. The van der Waals surface area contributed by atoms with E-state index in [2.05, 4.69) is 0 Å². The molecule has 0 unspecified atom stereocenters. The number of rotatable bonds is 8. The quantitative estimate of drug-likeness (QED) is 0.387. The van der Waals surface area contributed by atoms with Crippen LogP contribution in [0.1, 0.15) is 59.3 Å². The second kappa shape index (κ2) is 13.4. The molecule has 1 aliphatic rings. The zero-order valence-electron chi connectivity index (χ0n) is 18.8. The fourth-order valence-electron chi connectivity index (χ4n) is 3.47. The Kier molecular flexibility index (Phi) is 11.7. The van der Waals surface area contributed by atoms with Crippen LogP contribution in [0.4, 0.5) is 0 Å². The van der Waals surface area contributed by atoms with Gasteiger partial charge < -0.3 is 24.8 Å². The number of carboxylic acid groups (broad SMARTS) is 1. The molecule has 0 saturated heterocycles. The molecule has 0 aromatic heterocycles. The van der Waals surface area contributed by atoms with E-state index in [-0.39, 0.29) is 24.5 Å². The van der Waals surface area contributed by atoms with Gasteiger partial charge in [-0.1, -0.05) is 38.5 Å². The summed E-state index contributed by atoms with van der Waals surface area (Å²) in [6, 6.07) is 0. The third kappa shape index (κ3) is 9.76. The number of allylic oxidation sites excluding steroid dienone is 2. The van der Waals surface area contributed by atoms with Crippen LogP contribution in [-0.4, -0.2) is 64.6 Å². The van der Waals surface area contributed by atoms with Crippen molar-refractivity contribution in [3.63, 3.8) is 0 Å². The van der Waals surface area contributed by atoms with Crippen molar-refractivity contribution < 1.29 is 39.2 Å². The Morgan fingerprint density at radius 1 is 1.23 bits per heavy atom. The number of esters is 1. The van der Waals surface area contributed by atoms with Crippen LogP contribution in [0.15, 0.2) is 23.8 Å². The molecule has 0 aliphatic carbocycles. The molecule has 8 heteroatoms. The highest BCUT2D eigenvalue weighted by Gasteiger charge is 2.28. The van der Waals surface area contributed by atoms with E-state index in [0.29, 0.717) is 12.0 Å². The SMILES string of the molecule is CO[C@H](CC(=O)O)CC(=O)[C@H](C)/C=C(\C)[C@@H]1CCCC[C@@H](C)/C=C/[C@@H](O)[C@@H](O)C(=O)O1. The maximum Gasteiger partial charge on any atom is 0.338 e. The molecule has 0 saturated carbocycles. The van der Waals surface area contributed by atoms with E-state index in [1.54, 1.807) is 26.0 Å². The number of aliphatic carboxylic acids is 1. The summed E-state index contributed by atoms with van der Waals surface area (Å²) < 4.78 is 10.5. The van der Waals surface area contributed by atoms with Gasteiger partial charge in [-0.25, -0.2) is 4.79 Å². The van der Waals surface area contributed by atoms with Gasteiger partial charge in [0.2, 0.25) is 0 Å². The van der Waals surface area contributed by atoms with Crippen molar-refractivity contribution in [2.45, 2.75) is 83.7 Å². The van der Waals surface area contributed by atoms with Gasteiger partial charge in [-0.3, -0.25) is 9.59 Å². The van der Waals surface area contributed by atoms with Gasteiger partial charge in [0.25, 0.3) is 0 Å². The van der Waals surface area contributed by atoms with Crippen LogP contribution in [0, 0.1) is 11.8 Å². The van der Waals surface area contributed by atoms with Crippen molar-refractivity contribution in [1.29, 1.82) is 0 Å². The lowest BCUT2D eigenvalue weighted by atomic mass is 9.94. The number of carbonyl (C=O) groups is 3. The first-order valence-electron chi connectivity index (χ1n) is 10.8. The lowest BCUT2D eigenvalue weighted by molar-refractivity contribution is -0.162. The van der Waals surface area contributed by atoms with Crippen molar-refractivity contribution in [3.05, 3.63) is 23.8 Å². The van der Waals surface area contributed by atoms with E-state index >= 15 is 0 Å². The molecule has 8 nitrogen and oxygen atoms in total. The summed E-state index contributed by atoms with van der Waals surface area (Å²) in [7, 11) is 1.37. The first-order valence-corrected chi connectivity index (χ1v) is 10.8. The molecule has 1 aliphatic heterocycles. The van der Waals surface area contributed by atoms with Crippen molar-refractivity contribution in [3.8, 4) is 0 Å². The van der Waals surface area contributed by atoms with Crippen molar-refractivity contribution >= 4 is 17.7 Å². The number of ketones is 1. The molecule has 0 aromatic rings. The lowest BCUT2D eigenvalue weighted by Gasteiger charge is -2.24. The fourth-order valence-corrected chi connectivity index (χ4v) is 3.47. The molecule has 0 spiro atoms. The van der Waals surface area contributed by atoms with Gasteiger partial charge in [0.05, 0.1) is 12.5 Å². The Morgan fingerprint density at radius 3 is 2.48 bits per heavy atom. The van der Waals surface area contributed by atoms with E-state index in [4.69, 9.17) is 14.6 Å². The molecule has 0 amide bonds. The first kappa shape index (κ1) is 27.0. The van der Waals surface area contributed by atoms with E-state index in [1.807, 2.05) is 6.92 Å². The number of Topliss-reactive ketones (excluding diaryl/α,β-unsaturated/α-hetero) is 1. The van der Waals surface area contributed by atoms with E-state index in [1.165, 1.54) is 13.2 Å². The number of aliphatic hydroxyl groups excluding tert-OH is 2. The predicted octanol–water partition coefficient (Wildman–Crippen LogP) is 2.42. The van der Waals surface area contributed by atoms with E-state index < -0.39 is 42.3 Å². The molecular formula is C23H36O8. The smallest absolute Gasteiger partial charge is 0.338 e. The molecule has 176 valence electrons. The monoisotopic (exact) mass is 440 g/mol. The van der Waals surface area contributed by atoms with Gasteiger partial charge in [0, 0.05) is 19.4 Å². The van der Waals surface area contributed by atoms with Gasteiger partial charge in [0.15, 0.2) is 6.10 Å². The number of hydrogen-bond donors (Lipinski definition) is 3. The van der Waals surface area contributed by atoms with Crippen molar-refractivity contribution in [2.75, 3.05) is 7.11 Å². The molecule has 6 atom stereocenters. The summed E-state index contributed by atoms with van der Waals surface area (Å²) in [5.41, 5.74) is 0.670. The Morgan fingerprint density at radius 2 is 1.87 bits per heavy atom. The highest BCUT2D eigenvalue weighted by Crippen LogP contribution is 2.22. The van der Waals surface area contributed by atoms with Gasteiger partial charge in [0.1, 0.15) is 18.0 Å². The zero-order valence-corrected chi connectivity index (χ0v) is 18.8. The number of hydrogen-bond acceptors (Lipinski definition) is 7. The third-order valence-electron chi connectivity index (χ3n) is 5.53. The summed E-state index contributed by atoms with van der Waals surface area (Å²) in [5, 5.41) is 29.0. The topological polar surface area (TPSA) is 130 Å². The minimum Gasteiger partial charge on any atom is -0.481 e. The predicted molar refractivity (Wildman–Crippen MR) is 114 cm³/mol. The number of carboxylic acids is 1. The minimum absolute atomic E-state index is 0.0344. The Labute approximate surface area is 183 Å². The van der Waals surface area contributed by atoms with Gasteiger partial charge in [-0.05, 0) is 37.7 Å². The normalized spacial score (nSPS) is 29.1. The summed E-state index contributed by atoms with van der Waals surface area (Å²) in [4.78, 5) is 35.7. The second-order valence-corrected chi connectivity index (χ2v) is 8.33. The Hall–Kier alpha value is -2.03. The number of methoxy groups -OCH3 is 1. The number of aliphatic hydroxyl groups is 2. The molecule has 3 N–H and O–H groups in total. The van der Waals surface area contributed by atoms with Crippen LogP contribution in [-0.2, 0) is 23.9 Å². The van der Waals surface area contributed by atoms with Crippen LogP contribution < -0.4 is 0 Å². The zero-order chi connectivity index (χ0) is 23.6. The number of ether oxygens (including phenoxy) is 2. The lowest BCUT2D eigenvalue weighted by Crippen LogP contribution is -2.37. The van der Waals surface area contributed by atoms with Gasteiger partial charge in [-0.15, -0.1) is 0 Å². The molecule has 31 heavy (non-hydrogen) atoms. The summed E-state index contributed by atoms with van der Waals surface area (Å²) in [6.07, 6.45) is 3.40. The minimum atomic E-state index is -1.68. The maximum absolute atomic E-state index is 12.5. The van der Waals surface area contributed by atoms with Crippen LogP contribution >= 0.6 is 0 Å². The molecule has 0 bridgehead atoms. The van der Waals surface area contributed by atoms with Gasteiger partial charge in [-0.2, -0.15) is 0 Å². The number of cyclic esters (lactones) is 1. The molecule has 1 heterocycles. The van der Waals surface area contributed by atoms with Crippen LogP contribution in [0.3, 0.4) is 0 Å².